The summed E-state index contributed by atoms with van der Waals surface area (Å²) in [7, 11) is 0. The number of hydrogen-bond donors (Lipinski definition) is 0. The molecule has 0 aliphatic rings. The Morgan fingerprint density at radius 1 is 1.62 bits per heavy atom. The van der Waals surface area contributed by atoms with Gasteiger partial charge in [0.1, 0.15) is 10.9 Å². The van der Waals surface area contributed by atoms with E-state index >= 15 is 0 Å². The van der Waals surface area contributed by atoms with Gasteiger partial charge in [-0.05, 0) is 22.9 Å². The van der Waals surface area contributed by atoms with Crippen molar-refractivity contribution in [3.8, 4) is 5.88 Å². The van der Waals surface area contributed by atoms with Crippen molar-refractivity contribution in [3.05, 3.63) is 29.1 Å². The fourth-order valence-corrected chi connectivity index (χ4v) is 1.01. The van der Waals surface area contributed by atoms with Crippen LogP contribution in [0.15, 0.2) is 29.1 Å². The van der Waals surface area contributed by atoms with Crippen molar-refractivity contribution in [2.24, 2.45) is 0 Å². The predicted octanol–water partition coefficient (Wildman–Crippen LogP) is 2.58. The summed E-state index contributed by atoms with van der Waals surface area (Å²) in [6.07, 6.45) is 2.31. The van der Waals surface area contributed by atoms with Crippen LogP contribution in [0.5, 0.6) is 5.88 Å². The van der Waals surface area contributed by atoms with E-state index in [1.165, 1.54) is 6.33 Å². The molecule has 3 nitrogen and oxygen atoms in total. The van der Waals surface area contributed by atoms with Crippen LogP contribution in [0.25, 0.3) is 0 Å². The van der Waals surface area contributed by atoms with E-state index in [4.69, 9.17) is 4.74 Å². The maximum absolute atomic E-state index is 5.36. The van der Waals surface area contributed by atoms with Crippen molar-refractivity contribution in [1.82, 2.24) is 9.97 Å². The lowest BCUT2D eigenvalue weighted by molar-refractivity contribution is 0.308. The van der Waals surface area contributed by atoms with Gasteiger partial charge in [-0.1, -0.05) is 5.57 Å². The fourth-order valence-electron chi connectivity index (χ4n) is 0.726. The molecule has 70 valence electrons. The average molecular weight is 243 g/mol. The second-order valence-corrected chi connectivity index (χ2v) is 3.55. The Kier molecular flexibility index (Phi) is 3.89. The highest BCUT2D eigenvalue weighted by Crippen LogP contribution is 2.12. The molecule has 0 aromatic carbocycles. The van der Waals surface area contributed by atoms with Crippen LogP contribution in [0, 0.1) is 0 Å². The third kappa shape index (κ3) is 4.03. The summed E-state index contributed by atoms with van der Waals surface area (Å²) >= 11 is 3.23. The van der Waals surface area contributed by atoms with Gasteiger partial charge in [0, 0.05) is 12.5 Å². The monoisotopic (exact) mass is 242 g/mol. The predicted molar refractivity (Wildman–Crippen MR) is 54.7 cm³/mol. The second-order valence-electron chi connectivity index (χ2n) is 2.73. The highest BCUT2D eigenvalue weighted by molar-refractivity contribution is 9.10. The third-order valence-electron chi connectivity index (χ3n) is 1.39. The molecular weight excluding hydrogens is 232 g/mol. The summed E-state index contributed by atoms with van der Waals surface area (Å²) in [6.45, 7) is 6.36. The molecule has 0 radical (unpaired) electrons. The Morgan fingerprint density at radius 2 is 2.38 bits per heavy atom. The van der Waals surface area contributed by atoms with Crippen molar-refractivity contribution in [3.63, 3.8) is 0 Å². The van der Waals surface area contributed by atoms with E-state index in [1.807, 2.05) is 6.92 Å². The fraction of sp³-hybridized carbons (Fsp3) is 0.333. The minimum atomic E-state index is 0.586. The van der Waals surface area contributed by atoms with Gasteiger partial charge in [0.2, 0.25) is 5.88 Å². The molecule has 4 heteroatoms. The van der Waals surface area contributed by atoms with Gasteiger partial charge in [-0.2, -0.15) is 0 Å². The summed E-state index contributed by atoms with van der Waals surface area (Å²) in [5.41, 5.74) is 1.10. The summed E-state index contributed by atoms with van der Waals surface area (Å²) < 4.78 is 6.09. The Hall–Kier alpha value is -0.900. The second kappa shape index (κ2) is 4.97. The molecule has 13 heavy (non-hydrogen) atoms. The lowest BCUT2D eigenvalue weighted by atomic mass is 10.3. The van der Waals surface area contributed by atoms with Gasteiger partial charge in [-0.15, -0.1) is 6.58 Å². The zero-order valence-electron chi connectivity index (χ0n) is 7.46. The van der Waals surface area contributed by atoms with Crippen LogP contribution in [0.3, 0.4) is 0 Å². The van der Waals surface area contributed by atoms with Crippen LogP contribution >= 0.6 is 15.9 Å². The van der Waals surface area contributed by atoms with Gasteiger partial charge in [0.25, 0.3) is 0 Å². The van der Waals surface area contributed by atoms with Gasteiger partial charge < -0.3 is 4.74 Å². The summed E-state index contributed by atoms with van der Waals surface area (Å²) in [6, 6.07) is 1.73. The summed E-state index contributed by atoms with van der Waals surface area (Å²) in [5, 5.41) is 0. The van der Waals surface area contributed by atoms with E-state index in [0.29, 0.717) is 12.5 Å². The molecule has 1 aromatic heterocycles. The van der Waals surface area contributed by atoms with E-state index < -0.39 is 0 Å². The number of nitrogens with zero attached hydrogens (tertiary/aromatic N) is 2. The van der Waals surface area contributed by atoms with Gasteiger partial charge in [0.05, 0.1) is 6.61 Å². The van der Waals surface area contributed by atoms with Crippen LogP contribution in [-0.2, 0) is 0 Å². The van der Waals surface area contributed by atoms with Crippen LogP contribution in [0.4, 0.5) is 0 Å². The van der Waals surface area contributed by atoms with E-state index in [1.54, 1.807) is 6.07 Å². The van der Waals surface area contributed by atoms with Crippen LogP contribution in [-0.4, -0.2) is 16.6 Å². The molecule has 0 aliphatic heterocycles. The summed E-state index contributed by atoms with van der Waals surface area (Å²) in [4.78, 5) is 7.83. The van der Waals surface area contributed by atoms with Crippen molar-refractivity contribution in [2.75, 3.05) is 6.61 Å². The van der Waals surface area contributed by atoms with Gasteiger partial charge in [-0.3, -0.25) is 0 Å². The van der Waals surface area contributed by atoms with E-state index in [-0.39, 0.29) is 0 Å². The smallest absolute Gasteiger partial charge is 0.217 e. The Labute approximate surface area is 86.0 Å². The number of rotatable bonds is 4. The van der Waals surface area contributed by atoms with Crippen LogP contribution < -0.4 is 4.74 Å². The lowest BCUT2D eigenvalue weighted by Gasteiger charge is -2.03. The molecule has 1 heterocycles. The molecule has 0 amide bonds. The molecule has 1 aromatic rings. The maximum atomic E-state index is 5.36. The van der Waals surface area contributed by atoms with Crippen molar-refractivity contribution >= 4 is 15.9 Å². The molecular formula is C9H11BrN2O. The van der Waals surface area contributed by atoms with Crippen molar-refractivity contribution in [1.29, 1.82) is 0 Å². The highest BCUT2D eigenvalue weighted by atomic mass is 79.9. The molecule has 0 unspecified atom stereocenters. The quantitative estimate of drug-likeness (QED) is 0.602. The molecule has 0 bridgehead atoms. The first kappa shape index (κ1) is 10.2. The van der Waals surface area contributed by atoms with Crippen molar-refractivity contribution in [2.45, 2.75) is 13.3 Å². The molecule has 0 spiro atoms. The van der Waals surface area contributed by atoms with Gasteiger partial charge in [-0.25, -0.2) is 9.97 Å². The first-order valence-electron chi connectivity index (χ1n) is 3.93. The SMILES string of the molecule is C=C(C)CCOc1cc(Br)ncn1. The molecule has 0 saturated heterocycles. The van der Waals surface area contributed by atoms with E-state index in [0.717, 1.165) is 16.6 Å². The highest BCUT2D eigenvalue weighted by Gasteiger charge is 1.96. The van der Waals surface area contributed by atoms with E-state index in [9.17, 15) is 0 Å². The first-order chi connectivity index (χ1) is 6.18. The first-order valence-corrected chi connectivity index (χ1v) is 4.72. The standard InChI is InChI=1S/C9H11BrN2O/c1-7(2)3-4-13-9-5-8(10)11-6-12-9/h5-6H,1,3-4H2,2H3. The van der Waals surface area contributed by atoms with Gasteiger partial charge >= 0.3 is 0 Å². The minimum Gasteiger partial charge on any atom is -0.477 e. The topological polar surface area (TPSA) is 35.0 Å². The largest absolute Gasteiger partial charge is 0.477 e. The van der Waals surface area contributed by atoms with Crippen LogP contribution in [0.1, 0.15) is 13.3 Å². The number of ether oxygens (including phenoxy) is 1. The normalized spacial score (nSPS) is 9.69. The van der Waals surface area contributed by atoms with E-state index in [2.05, 4.69) is 32.5 Å². The zero-order chi connectivity index (χ0) is 9.68. The zero-order valence-corrected chi connectivity index (χ0v) is 9.04. The van der Waals surface area contributed by atoms with Crippen LogP contribution in [0.2, 0.25) is 0 Å². The number of halogens is 1. The number of aromatic nitrogens is 2. The lowest BCUT2D eigenvalue weighted by Crippen LogP contribution is -1.99. The Morgan fingerprint density at radius 3 is 3.00 bits per heavy atom. The molecule has 0 fully saturated rings. The van der Waals surface area contributed by atoms with Crippen molar-refractivity contribution < 1.29 is 4.74 Å². The number of hydrogen-bond acceptors (Lipinski definition) is 3. The van der Waals surface area contributed by atoms with Gasteiger partial charge in [0.15, 0.2) is 0 Å². The maximum Gasteiger partial charge on any atom is 0.217 e. The molecule has 1 rings (SSSR count). The Bertz CT molecular complexity index is 301. The molecule has 0 atom stereocenters. The average Bonchev–Trinajstić information content (AvgIpc) is 2.03. The third-order valence-corrected chi connectivity index (χ3v) is 1.82. The molecule has 0 N–H and O–H groups in total. The Balaban J connectivity index is 2.41. The summed E-state index contributed by atoms with van der Waals surface area (Å²) in [5.74, 6) is 0.586. The molecule has 0 aliphatic carbocycles. The molecule has 0 saturated carbocycles. The minimum absolute atomic E-state index is 0.586.